The Bertz CT molecular complexity index is 445. The van der Waals surface area contributed by atoms with Crippen LogP contribution in [0.5, 0.6) is 0 Å². The van der Waals surface area contributed by atoms with Crippen LogP contribution >= 0.6 is 11.5 Å². The van der Waals surface area contributed by atoms with Crippen molar-refractivity contribution in [1.82, 2.24) is 14.3 Å². The van der Waals surface area contributed by atoms with E-state index >= 15 is 0 Å². The molecule has 0 bridgehead atoms. The summed E-state index contributed by atoms with van der Waals surface area (Å²) in [6.07, 6.45) is 1.68. The standard InChI is InChI=1S/C10H14N4O2S/c1-3-7-12-10(17-13-7)11-6-4-5-8(15)14(2)9(6)16/h6H,3-5H2,1-2H3,(H,11,12,13). The van der Waals surface area contributed by atoms with Crippen LogP contribution < -0.4 is 5.32 Å². The Kier molecular flexibility index (Phi) is 3.37. The van der Waals surface area contributed by atoms with Crippen molar-refractivity contribution in [2.24, 2.45) is 0 Å². The third-order valence-electron chi connectivity index (χ3n) is 2.73. The first kappa shape index (κ1) is 12.0. The van der Waals surface area contributed by atoms with Gasteiger partial charge in [0.2, 0.25) is 11.0 Å². The van der Waals surface area contributed by atoms with E-state index in [0.717, 1.165) is 12.2 Å². The normalized spacial score (nSPS) is 20.8. The lowest BCUT2D eigenvalue weighted by Crippen LogP contribution is -2.48. The molecule has 0 radical (unpaired) electrons. The summed E-state index contributed by atoms with van der Waals surface area (Å²) in [7, 11) is 1.51. The first-order valence-electron chi connectivity index (χ1n) is 5.51. The highest BCUT2D eigenvalue weighted by Gasteiger charge is 2.32. The van der Waals surface area contributed by atoms with Crippen LogP contribution in [0, 0.1) is 0 Å². The Morgan fingerprint density at radius 2 is 2.29 bits per heavy atom. The Labute approximate surface area is 103 Å². The fraction of sp³-hybridized carbons (Fsp3) is 0.600. The second kappa shape index (κ2) is 4.79. The molecule has 0 saturated carbocycles. The summed E-state index contributed by atoms with van der Waals surface area (Å²) < 4.78 is 4.14. The average molecular weight is 254 g/mol. The van der Waals surface area contributed by atoms with Crippen LogP contribution in [0.4, 0.5) is 5.13 Å². The van der Waals surface area contributed by atoms with Gasteiger partial charge in [0.15, 0.2) is 0 Å². The summed E-state index contributed by atoms with van der Waals surface area (Å²) in [5.74, 6) is 0.444. The van der Waals surface area contributed by atoms with Gasteiger partial charge in [0.05, 0.1) is 0 Å². The molecule has 1 saturated heterocycles. The number of anilines is 1. The number of rotatable bonds is 3. The van der Waals surface area contributed by atoms with Gasteiger partial charge < -0.3 is 5.32 Å². The second-order valence-corrected chi connectivity index (χ2v) is 4.65. The zero-order chi connectivity index (χ0) is 12.4. The van der Waals surface area contributed by atoms with Crippen molar-refractivity contribution in [3.05, 3.63) is 5.82 Å². The van der Waals surface area contributed by atoms with E-state index in [-0.39, 0.29) is 17.9 Å². The minimum atomic E-state index is -0.365. The van der Waals surface area contributed by atoms with E-state index in [1.54, 1.807) is 0 Å². The third kappa shape index (κ3) is 2.44. The van der Waals surface area contributed by atoms with Gasteiger partial charge in [-0.1, -0.05) is 6.92 Å². The van der Waals surface area contributed by atoms with E-state index in [4.69, 9.17) is 0 Å². The molecule has 0 aliphatic carbocycles. The summed E-state index contributed by atoms with van der Waals surface area (Å²) in [5.41, 5.74) is 0. The summed E-state index contributed by atoms with van der Waals surface area (Å²) in [6, 6.07) is -0.365. The molecule has 7 heteroatoms. The molecule has 1 fully saturated rings. The number of piperidine rings is 1. The molecule has 1 aliphatic heterocycles. The fourth-order valence-corrected chi connectivity index (χ4v) is 2.36. The number of nitrogens with zero attached hydrogens (tertiary/aromatic N) is 3. The van der Waals surface area contributed by atoms with Crippen molar-refractivity contribution in [3.63, 3.8) is 0 Å². The van der Waals surface area contributed by atoms with Crippen LogP contribution in [-0.4, -0.2) is 39.2 Å². The van der Waals surface area contributed by atoms with Gasteiger partial charge in [-0.3, -0.25) is 14.5 Å². The van der Waals surface area contributed by atoms with Crippen LogP contribution in [0.25, 0.3) is 0 Å². The summed E-state index contributed by atoms with van der Waals surface area (Å²) >= 11 is 1.24. The Balaban J connectivity index is 2.04. The molecule has 2 heterocycles. The van der Waals surface area contributed by atoms with E-state index in [1.807, 2.05) is 6.92 Å². The number of likely N-dealkylation sites (tertiary alicyclic amines) is 1. The molecule has 0 aromatic carbocycles. The molecule has 0 spiro atoms. The molecule has 2 rings (SSSR count). The van der Waals surface area contributed by atoms with E-state index in [9.17, 15) is 9.59 Å². The van der Waals surface area contributed by atoms with Gasteiger partial charge in [0.1, 0.15) is 11.9 Å². The van der Waals surface area contributed by atoms with Crippen LogP contribution in [0.1, 0.15) is 25.6 Å². The first-order chi connectivity index (χ1) is 8.11. The SMILES string of the molecule is CCc1nsc(NC2CCC(=O)N(C)C2=O)n1. The first-order valence-corrected chi connectivity index (χ1v) is 6.28. The zero-order valence-electron chi connectivity index (χ0n) is 9.77. The van der Waals surface area contributed by atoms with Gasteiger partial charge in [-0.15, -0.1) is 0 Å². The number of nitrogens with one attached hydrogen (secondary N) is 1. The number of carbonyl (C=O) groups is 2. The van der Waals surface area contributed by atoms with Gasteiger partial charge in [-0.25, -0.2) is 4.98 Å². The number of aryl methyl sites for hydroxylation is 1. The molecule has 6 nitrogen and oxygen atoms in total. The third-order valence-corrected chi connectivity index (χ3v) is 3.42. The monoisotopic (exact) mass is 254 g/mol. The summed E-state index contributed by atoms with van der Waals surface area (Å²) in [5, 5.41) is 3.68. The average Bonchev–Trinajstić information content (AvgIpc) is 2.78. The Morgan fingerprint density at radius 3 is 2.94 bits per heavy atom. The highest BCUT2D eigenvalue weighted by molar-refractivity contribution is 7.09. The molecule has 2 amide bonds. The van der Waals surface area contributed by atoms with Gasteiger partial charge >= 0.3 is 0 Å². The smallest absolute Gasteiger partial charge is 0.251 e. The molecular formula is C10H14N4O2S. The maximum atomic E-state index is 11.8. The molecule has 17 heavy (non-hydrogen) atoms. The van der Waals surface area contributed by atoms with Gasteiger partial charge in [0.25, 0.3) is 5.91 Å². The predicted molar refractivity (Wildman–Crippen MR) is 63.7 cm³/mol. The van der Waals surface area contributed by atoms with E-state index in [0.29, 0.717) is 18.0 Å². The van der Waals surface area contributed by atoms with E-state index in [1.165, 1.54) is 23.5 Å². The van der Waals surface area contributed by atoms with Crippen molar-refractivity contribution in [2.75, 3.05) is 12.4 Å². The number of hydrogen-bond acceptors (Lipinski definition) is 6. The van der Waals surface area contributed by atoms with Crippen molar-refractivity contribution >= 4 is 28.5 Å². The zero-order valence-corrected chi connectivity index (χ0v) is 10.6. The van der Waals surface area contributed by atoms with Crippen LogP contribution in [0.15, 0.2) is 0 Å². The van der Waals surface area contributed by atoms with Crippen molar-refractivity contribution in [3.8, 4) is 0 Å². The van der Waals surface area contributed by atoms with Crippen LogP contribution in [-0.2, 0) is 16.0 Å². The van der Waals surface area contributed by atoms with Crippen molar-refractivity contribution in [2.45, 2.75) is 32.2 Å². The maximum Gasteiger partial charge on any atom is 0.251 e. The largest absolute Gasteiger partial charge is 0.348 e. The molecule has 1 N–H and O–H groups in total. The second-order valence-electron chi connectivity index (χ2n) is 3.90. The Morgan fingerprint density at radius 1 is 1.53 bits per heavy atom. The topological polar surface area (TPSA) is 75.2 Å². The quantitative estimate of drug-likeness (QED) is 0.802. The summed E-state index contributed by atoms with van der Waals surface area (Å²) in [6.45, 7) is 1.98. The van der Waals surface area contributed by atoms with Crippen molar-refractivity contribution < 1.29 is 9.59 Å². The van der Waals surface area contributed by atoms with Crippen LogP contribution in [0.3, 0.4) is 0 Å². The number of aromatic nitrogens is 2. The minimum absolute atomic E-state index is 0.125. The highest BCUT2D eigenvalue weighted by atomic mass is 32.1. The van der Waals surface area contributed by atoms with Crippen LogP contribution in [0.2, 0.25) is 0 Å². The lowest BCUT2D eigenvalue weighted by molar-refractivity contribution is -0.146. The lowest BCUT2D eigenvalue weighted by Gasteiger charge is -2.27. The molecular weight excluding hydrogens is 240 g/mol. The number of amides is 2. The molecule has 1 unspecified atom stereocenters. The minimum Gasteiger partial charge on any atom is -0.348 e. The number of imide groups is 1. The number of hydrogen-bond donors (Lipinski definition) is 1. The van der Waals surface area contributed by atoms with Gasteiger partial charge in [-0.05, 0) is 6.42 Å². The number of carbonyl (C=O) groups excluding carboxylic acids is 2. The molecule has 1 aliphatic rings. The van der Waals surface area contributed by atoms with Crippen molar-refractivity contribution in [1.29, 1.82) is 0 Å². The molecule has 1 aromatic rings. The number of likely N-dealkylation sites (N-methyl/N-ethyl adjacent to an activating group) is 1. The van der Waals surface area contributed by atoms with Gasteiger partial charge in [-0.2, -0.15) is 4.37 Å². The summed E-state index contributed by atoms with van der Waals surface area (Å²) in [4.78, 5) is 28.5. The molecule has 1 aromatic heterocycles. The lowest BCUT2D eigenvalue weighted by atomic mass is 10.1. The van der Waals surface area contributed by atoms with E-state index in [2.05, 4.69) is 14.7 Å². The van der Waals surface area contributed by atoms with Gasteiger partial charge in [0, 0.05) is 31.4 Å². The maximum absolute atomic E-state index is 11.8. The fourth-order valence-electron chi connectivity index (χ4n) is 1.65. The Hall–Kier alpha value is -1.50. The molecule has 92 valence electrons. The van der Waals surface area contributed by atoms with E-state index < -0.39 is 0 Å². The highest BCUT2D eigenvalue weighted by Crippen LogP contribution is 2.18. The molecule has 1 atom stereocenters. The predicted octanol–water partition coefficient (Wildman–Crippen LogP) is 0.660.